The van der Waals surface area contributed by atoms with Crippen LogP contribution in [0.15, 0.2) is 41.1 Å². The first-order chi connectivity index (χ1) is 15.2. The first-order valence-corrected chi connectivity index (χ1v) is 11.1. The van der Waals surface area contributed by atoms with Crippen molar-refractivity contribution in [2.45, 2.75) is 32.4 Å². The number of carboxylic acid groups (broad SMARTS) is 2. The highest BCUT2D eigenvalue weighted by Crippen LogP contribution is 2.50. The number of aromatic carboxylic acids is 1. The van der Waals surface area contributed by atoms with E-state index in [1.807, 2.05) is 6.92 Å². The summed E-state index contributed by atoms with van der Waals surface area (Å²) in [5.74, 6) is -2.77. The van der Waals surface area contributed by atoms with Gasteiger partial charge in [-0.2, -0.15) is 0 Å². The Balaban J connectivity index is 1.45. The molecule has 3 N–H and O–H groups in total. The number of carboxylic acids is 2. The predicted molar refractivity (Wildman–Crippen MR) is 114 cm³/mol. The molecule has 10 nitrogen and oxygen atoms in total. The molecule has 1 fully saturated rings. The molecule has 0 aliphatic carbocycles. The Morgan fingerprint density at radius 3 is 2.66 bits per heavy atom. The molecule has 0 spiro atoms. The number of hydrogen-bond donors (Lipinski definition) is 3. The largest absolute Gasteiger partial charge is 0.478 e. The van der Waals surface area contributed by atoms with E-state index < -0.39 is 24.0 Å². The Morgan fingerprint density at radius 1 is 1.25 bits per heavy atom. The minimum Gasteiger partial charge on any atom is -0.478 e. The van der Waals surface area contributed by atoms with Crippen molar-refractivity contribution in [3.05, 3.63) is 52.3 Å². The monoisotopic (exact) mass is 458 g/mol. The summed E-state index contributed by atoms with van der Waals surface area (Å²) < 4.78 is 1.49. The molecule has 0 bridgehead atoms. The molecule has 32 heavy (non-hydrogen) atoms. The lowest BCUT2D eigenvalue weighted by Crippen LogP contribution is -2.63. The molecule has 1 saturated heterocycles. The van der Waals surface area contributed by atoms with Crippen molar-refractivity contribution in [3.8, 4) is 5.69 Å². The number of amides is 1. The second kappa shape index (κ2) is 8.40. The third-order valence-corrected chi connectivity index (χ3v) is 7.11. The average Bonchev–Trinajstić information content (AvgIpc) is 3.30. The number of β-lactam (4-membered cyclic amide) rings is 1. The quantitative estimate of drug-likeness (QED) is 0.500. The molecule has 0 unspecified atom stereocenters. The normalized spacial score (nSPS) is 23.2. The number of hydrogen-bond acceptors (Lipinski definition) is 7. The van der Waals surface area contributed by atoms with Crippen molar-refractivity contribution in [1.82, 2.24) is 19.9 Å². The number of aryl methyl sites for hydroxylation is 1. The number of nitrogens with zero attached hydrogens (tertiary/aromatic N) is 4. The van der Waals surface area contributed by atoms with Crippen LogP contribution in [0.5, 0.6) is 0 Å². The lowest BCUT2D eigenvalue weighted by atomic mass is 9.79. The topological polar surface area (TPSA) is 146 Å². The minimum atomic E-state index is -1.15. The molecular weight excluding hydrogens is 436 g/mol. The van der Waals surface area contributed by atoms with Gasteiger partial charge in [-0.1, -0.05) is 18.2 Å². The molecule has 2 aliphatic rings. The van der Waals surface area contributed by atoms with E-state index in [1.165, 1.54) is 33.5 Å². The number of carbonyl (C=O) groups is 3. The van der Waals surface area contributed by atoms with Crippen LogP contribution in [-0.2, 0) is 16.0 Å². The van der Waals surface area contributed by atoms with E-state index in [2.05, 4.69) is 10.3 Å². The Hall–Kier alpha value is -3.18. The van der Waals surface area contributed by atoms with Gasteiger partial charge in [0, 0.05) is 23.0 Å². The third-order valence-electron chi connectivity index (χ3n) is 5.83. The molecule has 4 rings (SSSR count). The van der Waals surface area contributed by atoms with Crippen LogP contribution in [-0.4, -0.2) is 71.0 Å². The predicted octanol–water partition coefficient (Wildman–Crippen LogP) is 1.39. The molecule has 2 aliphatic heterocycles. The van der Waals surface area contributed by atoms with Crippen molar-refractivity contribution >= 4 is 29.6 Å². The molecule has 3 heterocycles. The van der Waals surface area contributed by atoms with E-state index in [4.69, 9.17) is 5.11 Å². The molecule has 168 valence electrons. The van der Waals surface area contributed by atoms with Crippen LogP contribution in [0.2, 0.25) is 0 Å². The van der Waals surface area contributed by atoms with E-state index in [9.17, 15) is 24.6 Å². The van der Waals surface area contributed by atoms with Crippen molar-refractivity contribution in [2.75, 3.05) is 5.75 Å². The molecule has 4 atom stereocenters. The lowest BCUT2D eigenvalue weighted by Gasteiger charge is -2.46. The molecule has 1 aromatic heterocycles. The van der Waals surface area contributed by atoms with Crippen molar-refractivity contribution in [1.29, 1.82) is 0 Å². The van der Waals surface area contributed by atoms with Crippen LogP contribution in [0.4, 0.5) is 0 Å². The van der Waals surface area contributed by atoms with Crippen LogP contribution in [0.3, 0.4) is 0 Å². The Labute approximate surface area is 187 Å². The maximum atomic E-state index is 12.4. The molecular formula is C21H22N4O6S. The summed E-state index contributed by atoms with van der Waals surface area (Å²) in [6.07, 6.45) is 1.37. The molecule has 0 saturated carbocycles. The van der Waals surface area contributed by atoms with Gasteiger partial charge in [0.25, 0.3) is 0 Å². The zero-order valence-electron chi connectivity index (χ0n) is 17.4. The van der Waals surface area contributed by atoms with Gasteiger partial charge in [-0.25, -0.2) is 14.3 Å². The van der Waals surface area contributed by atoms with E-state index >= 15 is 0 Å². The number of aliphatic hydroxyl groups excluding tert-OH is 1. The van der Waals surface area contributed by atoms with Crippen molar-refractivity contribution in [3.63, 3.8) is 0 Å². The van der Waals surface area contributed by atoms with Crippen LogP contribution in [0, 0.1) is 11.8 Å². The van der Waals surface area contributed by atoms with Crippen molar-refractivity contribution in [2.24, 2.45) is 11.8 Å². The number of aromatic nitrogens is 3. The van der Waals surface area contributed by atoms with E-state index in [-0.39, 0.29) is 29.1 Å². The zero-order chi connectivity index (χ0) is 23.2. The fourth-order valence-corrected chi connectivity index (χ4v) is 5.56. The van der Waals surface area contributed by atoms with E-state index in [0.29, 0.717) is 28.5 Å². The average molecular weight is 458 g/mol. The number of benzene rings is 1. The summed E-state index contributed by atoms with van der Waals surface area (Å²) in [5, 5.41) is 36.9. The summed E-state index contributed by atoms with van der Waals surface area (Å²) in [4.78, 5) is 37.3. The maximum Gasteiger partial charge on any atom is 0.353 e. The highest BCUT2D eigenvalue weighted by Gasteiger charge is 2.59. The number of aliphatic carboxylic acids is 1. The van der Waals surface area contributed by atoms with Gasteiger partial charge in [-0.15, -0.1) is 16.9 Å². The van der Waals surface area contributed by atoms with E-state index in [0.717, 1.165) is 0 Å². The molecule has 11 heteroatoms. The Bertz CT molecular complexity index is 1130. The Kier molecular flexibility index (Phi) is 5.78. The summed E-state index contributed by atoms with van der Waals surface area (Å²) >= 11 is 1.37. The smallest absolute Gasteiger partial charge is 0.353 e. The fraction of sp³-hybridized carbons (Fsp3) is 0.381. The first kappa shape index (κ1) is 22.0. The van der Waals surface area contributed by atoms with Gasteiger partial charge in [0.2, 0.25) is 5.91 Å². The Morgan fingerprint density at radius 2 is 2.00 bits per heavy atom. The molecule has 1 aromatic carbocycles. The molecule has 2 aromatic rings. The second-order valence-corrected chi connectivity index (χ2v) is 9.02. The third kappa shape index (κ3) is 3.67. The molecule has 1 amide bonds. The highest BCUT2D eigenvalue weighted by atomic mass is 32.2. The van der Waals surface area contributed by atoms with Gasteiger partial charge >= 0.3 is 11.9 Å². The maximum absolute atomic E-state index is 12.4. The summed E-state index contributed by atoms with van der Waals surface area (Å²) in [5.41, 5.74) is 1.39. The minimum absolute atomic E-state index is 0.00328. The highest BCUT2D eigenvalue weighted by molar-refractivity contribution is 8.03. The number of fused-ring (bicyclic) bond motifs is 1. The molecule has 0 radical (unpaired) electrons. The second-order valence-electron chi connectivity index (χ2n) is 7.88. The fourth-order valence-electron chi connectivity index (χ4n) is 4.30. The van der Waals surface area contributed by atoms with E-state index in [1.54, 1.807) is 25.3 Å². The number of rotatable bonds is 8. The SMILES string of the molecule is C[C@@H](O)[C@H]1C(=O)N2C(C(=O)O)=C(SCCc3cn(-c4cccc(C(=O)O)c4)nn3)[C@H](C)[C@H]12. The van der Waals surface area contributed by atoms with Gasteiger partial charge in [0.1, 0.15) is 5.70 Å². The summed E-state index contributed by atoms with van der Waals surface area (Å²) in [6.45, 7) is 3.43. The van der Waals surface area contributed by atoms with Gasteiger partial charge in [0.05, 0.1) is 41.2 Å². The number of thioether (sulfide) groups is 1. The van der Waals surface area contributed by atoms with Gasteiger partial charge in [-0.05, 0) is 25.1 Å². The lowest BCUT2D eigenvalue weighted by molar-refractivity contribution is -0.163. The number of carbonyl (C=O) groups excluding carboxylic acids is 1. The number of aliphatic hydroxyl groups is 1. The van der Waals surface area contributed by atoms with Gasteiger partial charge < -0.3 is 20.2 Å². The van der Waals surface area contributed by atoms with Gasteiger partial charge in [-0.3, -0.25) is 4.79 Å². The first-order valence-electron chi connectivity index (χ1n) is 10.1. The van der Waals surface area contributed by atoms with Gasteiger partial charge in [0.15, 0.2) is 0 Å². The van der Waals surface area contributed by atoms with Crippen LogP contribution >= 0.6 is 11.8 Å². The standard InChI is InChI=1S/C21H22N4O6S/c1-10-16-15(11(2)26)19(27)25(16)17(21(30)31)18(10)32-7-6-13-9-24(23-22-13)14-5-3-4-12(8-14)20(28)29/h3-5,8-11,15-16,26H,6-7H2,1-2H3,(H,28,29)(H,30,31)/t10-,11-,15-,16-/m1/s1. The van der Waals surface area contributed by atoms with Crippen molar-refractivity contribution < 1.29 is 29.7 Å². The summed E-state index contributed by atoms with van der Waals surface area (Å²) in [7, 11) is 0. The van der Waals surface area contributed by atoms with Crippen LogP contribution in [0.25, 0.3) is 5.69 Å². The van der Waals surface area contributed by atoms with Crippen LogP contribution in [0.1, 0.15) is 29.9 Å². The van der Waals surface area contributed by atoms with Crippen LogP contribution < -0.4 is 0 Å². The zero-order valence-corrected chi connectivity index (χ0v) is 18.2. The summed E-state index contributed by atoms with van der Waals surface area (Å²) in [6, 6.07) is 6.01.